The van der Waals surface area contributed by atoms with E-state index in [0.29, 0.717) is 12.1 Å². The Kier molecular flexibility index (Phi) is 5.36. The van der Waals surface area contributed by atoms with Gasteiger partial charge in [0.25, 0.3) is 5.91 Å². The van der Waals surface area contributed by atoms with Crippen molar-refractivity contribution >= 4 is 15.9 Å². The Morgan fingerprint density at radius 1 is 1.12 bits per heavy atom. The first-order chi connectivity index (χ1) is 11.5. The fourth-order valence-corrected chi connectivity index (χ4v) is 4.15. The summed E-state index contributed by atoms with van der Waals surface area (Å²) in [5.41, 5.74) is 1.91. The van der Waals surface area contributed by atoms with Crippen molar-refractivity contribution in [3.63, 3.8) is 0 Å². The first-order valence-corrected chi connectivity index (χ1v) is 10.1. The van der Waals surface area contributed by atoms with Gasteiger partial charge in [-0.05, 0) is 69.2 Å². The SMILES string of the molecule is O=C(NCCC1=CCCCC1)c1ccc(S(=O)(=O)NC2CC2)cc1. The minimum atomic E-state index is -3.46. The van der Waals surface area contributed by atoms with E-state index in [0.717, 1.165) is 32.1 Å². The number of amides is 1. The normalized spacial score (nSPS) is 18.1. The van der Waals surface area contributed by atoms with Gasteiger partial charge in [-0.15, -0.1) is 0 Å². The van der Waals surface area contributed by atoms with Gasteiger partial charge in [-0.25, -0.2) is 13.1 Å². The van der Waals surface area contributed by atoms with Gasteiger partial charge in [0, 0.05) is 18.2 Å². The summed E-state index contributed by atoms with van der Waals surface area (Å²) in [5.74, 6) is -0.162. The number of carbonyl (C=O) groups excluding carboxylic acids is 1. The molecule has 0 saturated heterocycles. The first-order valence-electron chi connectivity index (χ1n) is 8.63. The molecule has 5 nitrogen and oxygen atoms in total. The predicted molar refractivity (Wildman–Crippen MR) is 93.3 cm³/mol. The van der Waals surface area contributed by atoms with Crippen molar-refractivity contribution in [1.29, 1.82) is 0 Å². The van der Waals surface area contributed by atoms with E-state index in [2.05, 4.69) is 16.1 Å². The van der Waals surface area contributed by atoms with E-state index >= 15 is 0 Å². The zero-order valence-corrected chi connectivity index (χ0v) is 14.6. The second kappa shape index (κ2) is 7.49. The second-order valence-corrected chi connectivity index (χ2v) is 8.25. The van der Waals surface area contributed by atoms with Crippen molar-refractivity contribution in [3.05, 3.63) is 41.5 Å². The number of nitrogens with one attached hydrogen (secondary N) is 2. The molecule has 1 aromatic rings. The van der Waals surface area contributed by atoms with Crippen molar-refractivity contribution < 1.29 is 13.2 Å². The molecule has 2 N–H and O–H groups in total. The molecule has 0 bridgehead atoms. The predicted octanol–water partition coefficient (Wildman–Crippen LogP) is 2.75. The highest BCUT2D eigenvalue weighted by atomic mass is 32.2. The van der Waals surface area contributed by atoms with Crippen LogP contribution in [-0.2, 0) is 10.0 Å². The van der Waals surface area contributed by atoms with E-state index in [1.807, 2.05) is 0 Å². The summed E-state index contributed by atoms with van der Waals surface area (Å²) in [4.78, 5) is 12.3. The first kappa shape index (κ1) is 17.2. The van der Waals surface area contributed by atoms with Gasteiger partial charge in [0.05, 0.1) is 4.90 Å². The molecule has 1 fully saturated rings. The second-order valence-electron chi connectivity index (χ2n) is 6.53. The van der Waals surface area contributed by atoms with Gasteiger partial charge in [0.15, 0.2) is 0 Å². The minimum absolute atomic E-state index is 0.0760. The molecular weight excluding hydrogens is 324 g/mol. The summed E-state index contributed by atoms with van der Waals surface area (Å²) < 4.78 is 26.8. The maximum absolute atomic E-state index is 12.1. The van der Waals surface area contributed by atoms with Crippen LogP contribution in [0.1, 0.15) is 55.3 Å². The summed E-state index contributed by atoms with van der Waals surface area (Å²) >= 11 is 0. The fourth-order valence-electron chi connectivity index (χ4n) is 2.84. The molecule has 2 aliphatic carbocycles. The van der Waals surface area contributed by atoms with Crippen LogP contribution in [0.5, 0.6) is 0 Å². The lowest BCUT2D eigenvalue weighted by Crippen LogP contribution is -2.26. The smallest absolute Gasteiger partial charge is 0.251 e. The van der Waals surface area contributed by atoms with Crippen LogP contribution >= 0.6 is 0 Å². The third-order valence-corrected chi connectivity index (χ3v) is 5.98. The summed E-state index contributed by atoms with van der Waals surface area (Å²) in [6.07, 6.45) is 9.76. The number of benzene rings is 1. The molecule has 1 amide bonds. The molecule has 1 saturated carbocycles. The number of sulfonamides is 1. The zero-order chi connectivity index (χ0) is 17.0. The van der Waals surface area contributed by atoms with E-state index < -0.39 is 10.0 Å². The lowest BCUT2D eigenvalue weighted by molar-refractivity contribution is 0.0954. The molecule has 2 aliphatic rings. The van der Waals surface area contributed by atoms with E-state index in [4.69, 9.17) is 0 Å². The Morgan fingerprint density at radius 3 is 2.50 bits per heavy atom. The number of hydrogen-bond donors (Lipinski definition) is 2. The van der Waals surface area contributed by atoms with Gasteiger partial charge >= 0.3 is 0 Å². The van der Waals surface area contributed by atoms with Crippen LogP contribution in [-0.4, -0.2) is 26.9 Å². The van der Waals surface area contributed by atoms with Gasteiger partial charge in [0.1, 0.15) is 0 Å². The Balaban J connectivity index is 1.52. The fraction of sp³-hybridized carbons (Fsp3) is 0.500. The van der Waals surface area contributed by atoms with Gasteiger partial charge in [-0.1, -0.05) is 11.6 Å². The van der Waals surface area contributed by atoms with Crippen LogP contribution in [0.2, 0.25) is 0 Å². The minimum Gasteiger partial charge on any atom is -0.352 e. The molecule has 1 aromatic carbocycles. The molecule has 130 valence electrons. The Bertz CT molecular complexity index is 719. The van der Waals surface area contributed by atoms with Crippen LogP contribution in [0.4, 0.5) is 0 Å². The van der Waals surface area contributed by atoms with Crippen molar-refractivity contribution in [2.24, 2.45) is 0 Å². The monoisotopic (exact) mass is 348 g/mol. The number of hydrogen-bond acceptors (Lipinski definition) is 3. The van der Waals surface area contributed by atoms with Gasteiger partial charge in [-0.3, -0.25) is 4.79 Å². The highest BCUT2D eigenvalue weighted by Crippen LogP contribution is 2.22. The van der Waals surface area contributed by atoms with Gasteiger partial charge in [0.2, 0.25) is 10.0 Å². The van der Waals surface area contributed by atoms with Crippen molar-refractivity contribution in [1.82, 2.24) is 10.0 Å². The van der Waals surface area contributed by atoms with Crippen LogP contribution in [0.15, 0.2) is 40.8 Å². The van der Waals surface area contributed by atoms with Gasteiger partial charge in [-0.2, -0.15) is 0 Å². The molecular formula is C18H24N2O3S. The lowest BCUT2D eigenvalue weighted by Gasteiger charge is -2.13. The standard InChI is InChI=1S/C18H24N2O3S/c21-18(19-13-12-14-4-2-1-3-5-14)15-6-10-17(11-7-15)24(22,23)20-16-8-9-16/h4,6-7,10-11,16,20H,1-3,5,8-9,12-13H2,(H,19,21). The van der Waals surface area contributed by atoms with Crippen LogP contribution in [0.3, 0.4) is 0 Å². The molecule has 3 rings (SSSR count). The molecule has 0 atom stereocenters. The highest BCUT2D eigenvalue weighted by Gasteiger charge is 2.27. The Hall–Kier alpha value is -1.66. The molecule has 0 radical (unpaired) electrons. The van der Waals surface area contributed by atoms with E-state index in [9.17, 15) is 13.2 Å². The summed E-state index contributed by atoms with van der Waals surface area (Å²) in [5, 5.41) is 2.90. The zero-order valence-electron chi connectivity index (χ0n) is 13.8. The molecule has 24 heavy (non-hydrogen) atoms. The van der Waals surface area contributed by atoms with Crippen molar-refractivity contribution in [2.75, 3.05) is 6.54 Å². The van der Waals surface area contributed by atoms with Crippen molar-refractivity contribution in [2.45, 2.75) is 55.9 Å². The average molecular weight is 348 g/mol. The number of rotatable bonds is 7. The third-order valence-electron chi connectivity index (χ3n) is 4.44. The van der Waals surface area contributed by atoms with E-state index in [1.54, 1.807) is 12.1 Å². The quantitative estimate of drug-likeness (QED) is 0.744. The average Bonchev–Trinajstić information content (AvgIpc) is 3.39. The molecule has 6 heteroatoms. The molecule has 0 unspecified atom stereocenters. The Morgan fingerprint density at radius 2 is 1.88 bits per heavy atom. The molecule has 0 spiro atoms. The van der Waals surface area contributed by atoms with E-state index in [-0.39, 0.29) is 16.8 Å². The summed E-state index contributed by atoms with van der Waals surface area (Å²) in [6, 6.07) is 6.19. The molecule has 0 aliphatic heterocycles. The van der Waals surface area contributed by atoms with Crippen LogP contribution in [0, 0.1) is 0 Å². The topological polar surface area (TPSA) is 75.3 Å². The maximum atomic E-state index is 12.1. The largest absolute Gasteiger partial charge is 0.352 e. The van der Waals surface area contributed by atoms with Crippen molar-refractivity contribution in [3.8, 4) is 0 Å². The summed E-state index contributed by atoms with van der Waals surface area (Å²) in [7, 11) is -3.46. The van der Waals surface area contributed by atoms with Crippen LogP contribution in [0.25, 0.3) is 0 Å². The van der Waals surface area contributed by atoms with Crippen LogP contribution < -0.4 is 10.0 Å². The van der Waals surface area contributed by atoms with E-state index in [1.165, 1.54) is 30.5 Å². The maximum Gasteiger partial charge on any atom is 0.251 e. The molecule has 0 heterocycles. The third kappa shape index (κ3) is 4.68. The van der Waals surface area contributed by atoms with Gasteiger partial charge < -0.3 is 5.32 Å². The molecule has 0 aromatic heterocycles. The Labute approximate surface area is 143 Å². The number of carbonyl (C=O) groups is 1. The number of allylic oxidation sites excluding steroid dienone is 1. The summed E-state index contributed by atoms with van der Waals surface area (Å²) in [6.45, 7) is 0.619. The highest BCUT2D eigenvalue weighted by molar-refractivity contribution is 7.89. The lowest BCUT2D eigenvalue weighted by atomic mass is 9.97.